The van der Waals surface area contributed by atoms with Crippen molar-refractivity contribution in [2.24, 2.45) is 11.7 Å². The van der Waals surface area contributed by atoms with Gasteiger partial charge in [-0.15, -0.1) is 0 Å². The van der Waals surface area contributed by atoms with Gasteiger partial charge in [0.1, 0.15) is 0 Å². The first-order valence-electron chi connectivity index (χ1n) is 7.68. The second-order valence-corrected chi connectivity index (χ2v) is 8.40. The van der Waals surface area contributed by atoms with Gasteiger partial charge < -0.3 is 5.73 Å². The lowest BCUT2D eigenvalue weighted by Crippen LogP contribution is -2.34. The number of hydrogen-bond donors (Lipinski definition) is 1. The molecule has 1 saturated carbocycles. The summed E-state index contributed by atoms with van der Waals surface area (Å²) < 4.78 is 24.9. The summed E-state index contributed by atoms with van der Waals surface area (Å²) in [5.74, 6) is 0.749. The Morgan fingerprint density at radius 1 is 1.33 bits per heavy atom. The topological polar surface area (TPSA) is 63.4 Å². The fourth-order valence-electron chi connectivity index (χ4n) is 2.55. The van der Waals surface area contributed by atoms with Gasteiger partial charge in [0.05, 0.1) is 10.6 Å². The molecule has 0 aliphatic heterocycles. The van der Waals surface area contributed by atoms with E-state index < -0.39 is 9.84 Å². The van der Waals surface area contributed by atoms with Crippen molar-refractivity contribution in [3.05, 3.63) is 29.8 Å². The molecule has 1 aliphatic carbocycles. The van der Waals surface area contributed by atoms with Crippen molar-refractivity contribution in [1.29, 1.82) is 0 Å². The molecule has 1 fully saturated rings. The van der Waals surface area contributed by atoms with Crippen LogP contribution >= 0.6 is 0 Å². The average molecular weight is 310 g/mol. The Labute approximate surface area is 128 Å². The van der Waals surface area contributed by atoms with Crippen LogP contribution in [0.4, 0.5) is 0 Å². The van der Waals surface area contributed by atoms with Crippen LogP contribution in [0.1, 0.15) is 32.3 Å². The largest absolute Gasteiger partial charge is 0.326 e. The SMILES string of the molecule is CC(C)CN(CCS(=O)(=O)c1cccc(CN)c1)C1CC1. The third kappa shape index (κ3) is 4.80. The summed E-state index contributed by atoms with van der Waals surface area (Å²) in [5, 5.41) is 0. The second kappa shape index (κ2) is 6.90. The van der Waals surface area contributed by atoms with Crippen LogP contribution in [0.2, 0.25) is 0 Å². The van der Waals surface area contributed by atoms with E-state index >= 15 is 0 Å². The van der Waals surface area contributed by atoms with Crippen LogP contribution in [0.15, 0.2) is 29.2 Å². The molecular formula is C16H26N2O2S. The molecule has 0 amide bonds. The number of sulfone groups is 1. The van der Waals surface area contributed by atoms with Crippen molar-refractivity contribution >= 4 is 9.84 Å². The molecule has 0 unspecified atom stereocenters. The molecule has 1 aromatic rings. The Balaban J connectivity index is 2.02. The highest BCUT2D eigenvalue weighted by atomic mass is 32.2. The Bertz CT molecular complexity index is 565. The Morgan fingerprint density at radius 2 is 2.05 bits per heavy atom. The summed E-state index contributed by atoms with van der Waals surface area (Å²) in [6.07, 6.45) is 2.41. The third-order valence-corrected chi connectivity index (χ3v) is 5.50. The third-order valence-electron chi connectivity index (χ3n) is 3.80. The molecule has 1 aromatic carbocycles. The van der Waals surface area contributed by atoms with Crippen LogP contribution in [0.25, 0.3) is 0 Å². The first-order valence-corrected chi connectivity index (χ1v) is 9.33. The molecule has 118 valence electrons. The van der Waals surface area contributed by atoms with Gasteiger partial charge in [-0.05, 0) is 36.5 Å². The maximum atomic E-state index is 12.5. The summed E-state index contributed by atoms with van der Waals surface area (Å²) in [6.45, 7) is 6.31. The highest BCUT2D eigenvalue weighted by molar-refractivity contribution is 7.91. The minimum atomic E-state index is -3.23. The molecule has 1 aliphatic rings. The van der Waals surface area contributed by atoms with Crippen LogP contribution in [0.5, 0.6) is 0 Å². The van der Waals surface area contributed by atoms with Crippen molar-refractivity contribution in [2.45, 2.75) is 44.2 Å². The lowest BCUT2D eigenvalue weighted by molar-refractivity contribution is 0.247. The molecule has 4 nitrogen and oxygen atoms in total. The maximum absolute atomic E-state index is 12.5. The van der Waals surface area contributed by atoms with E-state index in [2.05, 4.69) is 18.7 Å². The Morgan fingerprint density at radius 3 is 2.62 bits per heavy atom. The van der Waals surface area contributed by atoms with Gasteiger partial charge in [-0.1, -0.05) is 26.0 Å². The number of nitrogens with two attached hydrogens (primary N) is 1. The predicted molar refractivity (Wildman–Crippen MR) is 85.8 cm³/mol. The predicted octanol–water partition coefficient (Wildman–Crippen LogP) is 2.04. The number of hydrogen-bond acceptors (Lipinski definition) is 4. The van der Waals surface area contributed by atoms with Gasteiger partial charge in [0.25, 0.3) is 0 Å². The minimum absolute atomic E-state index is 0.185. The monoisotopic (exact) mass is 310 g/mol. The van der Waals surface area contributed by atoms with Crippen molar-refractivity contribution in [2.75, 3.05) is 18.8 Å². The maximum Gasteiger partial charge on any atom is 0.179 e. The standard InChI is InChI=1S/C16H26N2O2S/c1-13(2)12-18(15-6-7-15)8-9-21(19,20)16-5-3-4-14(10-16)11-17/h3-5,10,13,15H,6-9,11-12,17H2,1-2H3. The van der Waals surface area contributed by atoms with Gasteiger partial charge in [0, 0.05) is 25.7 Å². The van der Waals surface area contributed by atoms with E-state index in [4.69, 9.17) is 5.73 Å². The summed E-state index contributed by atoms with van der Waals surface area (Å²) in [6, 6.07) is 7.58. The molecule has 2 N–H and O–H groups in total. The van der Waals surface area contributed by atoms with Crippen molar-refractivity contribution in [3.63, 3.8) is 0 Å². The van der Waals surface area contributed by atoms with E-state index in [1.54, 1.807) is 18.2 Å². The van der Waals surface area contributed by atoms with E-state index in [9.17, 15) is 8.42 Å². The first kappa shape index (κ1) is 16.5. The highest BCUT2D eigenvalue weighted by Crippen LogP contribution is 2.27. The van der Waals surface area contributed by atoms with Gasteiger partial charge in [0.2, 0.25) is 0 Å². The molecule has 0 atom stereocenters. The number of nitrogens with zero attached hydrogens (tertiary/aromatic N) is 1. The summed E-state index contributed by atoms with van der Waals surface area (Å²) >= 11 is 0. The zero-order valence-electron chi connectivity index (χ0n) is 13.0. The van der Waals surface area contributed by atoms with E-state index in [0.717, 1.165) is 12.1 Å². The van der Waals surface area contributed by atoms with Crippen molar-refractivity contribution in [3.8, 4) is 0 Å². The first-order chi connectivity index (χ1) is 9.92. The fourth-order valence-corrected chi connectivity index (χ4v) is 3.88. The molecular weight excluding hydrogens is 284 g/mol. The van der Waals surface area contributed by atoms with Crippen LogP contribution in [-0.2, 0) is 16.4 Å². The molecule has 0 heterocycles. The molecule has 0 saturated heterocycles. The van der Waals surface area contributed by atoms with Crippen LogP contribution in [0.3, 0.4) is 0 Å². The molecule has 5 heteroatoms. The highest BCUT2D eigenvalue weighted by Gasteiger charge is 2.30. The van der Waals surface area contributed by atoms with E-state index in [0.29, 0.717) is 29.9 Å². The van der Waals surface area contributed by atoms with Crippen molar-refractivity contribution < 1.29 is 8.42 Å². The van der Waals surface area contributed by atoms with E-state index in [-0.39, 0.29) is 5.75 Å². The van der Waals surface area contributed by atoms with Crippen molar-refractivity contribution in [1.82, 2.24) is 4.90 Å². The lowest BCUT2D eigenvalue weighted by atomic mass is 10.2. The molecule has 0 bridgehead atoms. The normalized spacial score (nSPS) is 15.9. The Kier molecular flexibility index (Phi) is 5.41. The van der Waals surface area contributed by atoms with Gasteiger partial charge in [-0.25, -0.2) is 8.42 Å². The summed E-state index contributed by atoms with van der Waals surface area (Å²) in [4.78, 5) is 2.72. The number of rotatable bonds is 8. The fraction of sp³-hybridized carbons (Fsp3) is 0.625. The quantitative estimate of drug-likeness (QED) is 0.798. The molecule has 2 rings (SSSR count). The van der Waals surface area contributed by atoms with Crippen LogP contribution in [0, 0.1) is 5.92 Å². The van der Waals surface area contributed by atoms with Crippen LogP contribution < -0.4 is 5.73 Å². The van der Waals surface area contributed by atoms with Gasteiger partial charge in [-0.3, -0.25) is 4.90 Å². The summed E-state index contributed by atoms with van der Waals surface area (Å²) in [7, 11) is -3.23. The average Bonchev–Trinajstić information content (AvgIpc) is 3.27. The second-order valence-electron chi connectivity index (χ2n) is 6.29. The zero-order valence-corrected chi connectivity index (χ0v) is 13.8. The van der Waals surface area contributed by atoms with E-state index in [1.807, 2.05) is 6.07 Å². The number of benzene rings is 1. The molecule has 0 radical (unpaired) electrons. The Hall–Kier alpha value is -0.910. The van der Waals surface area contributed by atoms with Gasteiger partial charge >= 0.3 is 0 Å². The minimum Gasteiger partial charge on any atom is -0.326 e. The smallest absolute Gasteiger partial charge is 0.179 e. The summed E-state index contributed by atoms with van der Waals surface area (Å²) in [5.41, 5.74) is 6.44. The van der Waals surface area contributed by atoms with Crippen LogP contribution in [-0.4, -0.2) is 38.2 Å². The molecule has 0 aromatic heterocycles. The van der Waals surface area contributed by atoms with E-state index in [1.165, 1.54) is 12.8 Å². The van der Waals surface area contributed by atoms with Gasteiger partial charge in [-0.2, -0.15) is 0 Å². The zero-order chi connectivity index (χ0) is 15.5. The lowest BCUT2D eigenvalue weighted by Gasteiger charge is -2.23. The van der Waals surface area contributed by atoms with Gasteiger partial charge in [0.15, 0.2) is 9.84 Å². The molecule has 21 heavy (non-hydrogen) atoms. The molecule has 0 spiro atoms.